The predicted octanol–water partition coefficient (Wildman–Crippen LogP) is 3.07. The highest BCUT2D eigenvalue weighted by Gasteiger charge is 2.33. The van der Waals surface area contributed by atoms with Crippen molar-refractivity contribution in [3.63, 3.8) is 0 Å². The van der Waals surface area contributed by atoms with Crippen LogP contribution >= 0.6 is 0 Å². The number of nitrogens with one attached hydrogen (secondary N) is 1. The number of esters is 1. The van der Waals surface area contributed by atoms with E-state index < -0.39 is 5.97 Å². The zero-order valence-corrected chi connectivity index (χ0v) is 12.7. The van der Waals surface area contributed by atoms with E-state index in [4.69, 9.17) is 4.74 Å². The first kappa shape index (κ1) is 14.8. The summed E-state index contributed by atoms with van der Waals surface area (Å²) in [5.41, 5.74) is 5.53. The molecule has 0 atom stereocenters. The lowest BCUT2D eigenvalue weighted by Gasteiger charge is -2.20. The van der Waals surface area contributed by atoms with Crippen LogP contribution in [0.25, 0.3) is 5.70 Å². The fourth-order valence-corrected chi connectivity index (χ4v) is 2.43. The summed E-state index contributed by atoms with van der Waals surface area (Å²) in [6.07, 6.45) is 1.34. The van der Waals surface area contributed by atoms with Crippen molar-refractivity contribution in [3.8, 4) is 0 Å². The fraction of sp³-hybridized carbons (Fsp3) is 0.111. The topological polar surface area (TPSA) is 58.6 Å². The average Bonchev–Trinajstić information content (AvgIpc) is 2.82. The maximum atomic E-state index is 12.6. The minimum atomic E-state index is -0.480. The molecule has 0 fully saturated rings. The van der Waals surface area contributed by atoms with Gasteiger partial charge in [0.1, 0.15) is 0 Å². The molecule has 0 saturated heterocycles. The Morgan fingerprint density at radius 2 is 1.74 bits per heavy atom. The number of ether oxygens (including phenoxy) is 1. The second-order valence-electron chi connectivity index (χ2n) is 4.95. The van der Waals surface area contributed by atoms with E-state index in [9.17, 15) is 9.59 Å². The lowest BCUT2D eigenvalue weighted by atomic mass is 10.1. The highest BCUT2D eigenvalue weighted by atomic mass is 16.5. The molecule has 1 N–H and O–H groups in total. The van der Waals surface area contributed by atoms with E-state index in [2.05, 4.69) is 5.43 Å². The molecule has 1 amide bonds. The van der Waals surface area contributed by atoms with E-state index in [0.29, 0.717) is 16.8 Å². The van der Waals surface area contributed by atoms with Gasteiger partial charge in [-0.1, -0.05) is 36.4 Å². The quantitative estimate of drug-likeness (QED) is 0.696. The van der Waals surface area contributed by atoms with E-state index in [1.54, 1.807) is 19.1 Å². The molecule has 1 heterocycles. The molecule has 3 rings (SSSR count). The summed E-state index contributed by atoms with van der Waals surface area (Å²) >= 11 is 0. The van der Waals surface area contributed by atoms with E-state index >= 15 is 0 Å². The highest BCUT2D eigenvalue weighted by Crippen LogP contribution is 2.32. The van der Waals surface area contributed by atoms with Gasteiger partial charge in [0.15, 0.2) is 0 Å². The number of hydrogen-bond donors (Lipinski definition) is 1. The van der Waals surface area contributed by atoms with Crippen LogP contribution in [0.1, 0.15) is 22.8 Å². The third-order valence-electron chi connectivity index (χ3n) is 3.43. The van der Waals surface area contributed by atoms with Gasteiger partial charge in [0.2, 0.25) is 0 Å². The standard InChI is InChI=1S/C18H16N2O3/c1-2-23-17(21)12-16-14-10-6-7-11-15(14)18(22)20(16)19-13-8-4-3-5-9-13/h3-12,19H,2H2,1H3/b16-12+. The number of hydrogen-bond acceptors (Lipinski definition) is 4. The molecular formula is C18H16N2O3. The second kappa shape index (κ2) is 6.36. The molecule has 0 unspecified atom stereocenters. The number of anilines is 1. The summed E-state index contributed by atoms with van der Waals surface area (Å²) in [6.45, 7) is 2.02. The monoisotopic (exact) mass is 308 g/mol. The summed E-state index contributed by atoms with van der Waals surface area (Å²) in [5.74, 6) is -0.688. The highest BCUT2D eigenvalue weighted by molar-refractivity contribution is 6.12. The van der Waals surface area contributed by atoms with E-state index in [1.165, 1.54) is 11.1 Å². The van der Waals surface area contributed by atoms with Crippen molar-refractivity contribution in [1.29, 1.82) is 0 Å². The van der Waals surface area contributed by atoms with Crippen LogP contribution < -0.4 is 5.43 Å². The van der Waals surface area contributed by atoms with E-state index in [1.807, 2.05) is 42.5 Å². The zero-order chi connectivity index (χ0) is 16.2. The predicted molar refractivity (Wildman–Crippen MR) is 87.3 cm³/mol. The molecule has 2 aromatic rings. The van der Waals surface area contributed by atoms with Gasteiger partial charge in [-0.25, -0.2) is 9.80 Å². The van der Waals surface area contributed by atoms with Crippen LogP contribution in [0, 0.1) is 0 Å². The molecule has 0 radical (unpaired) electrons. The van der Waals surface area contributed by atoms with Gasteiger partial charge < -0.3 is 4.74 Å². The molecular weight excluding hydrogens is 292 g/mol. The minimum Gasteiger partial charge on any atom is -0.463 e. The van der Waals surface area contributed by atoms with Crippen LogP contribution in [-0.2, 0) is 9.53 Å². The van der Waals surface area contributed by atoms with Crippen molar-refractivity contribution in [2.45, 2.75) is 6.92 Å². The van der Waals surface area contributed by atoms with Gasteiger partial charge >= 0.3 is 5.97 Å². The molecule has 5 heteroatoms. The summed E-state index contributed by atoms with van der Waals surface area (Å²) < 4.78 is 4.97. The second-order valence-corrected chi connectivity index (χ2v) is 4.95. The first-order valence-corrected chi connectivity index (χ1v) is 7.34. The molecule has 5 nitrogen and oxygen atoms in total. The lowest BCUT2D eigenvalue weighted by Crippen LogP contribution is -2.29. The van der Waals surface area contributed by atoms with Gasteiger partial charge in [-0.3, -0.25) is 10.2 Å². The maximum absolute atomic E-state index is 12.6. The first-order valence-electron chi connectivity index (χ1n) is 7.34. The van der Waals surface area contributed by atoms with E-state index in [0.717, 1.165) is 5.69 Å². The zero-order valence-electron chi connectivity index (χ0n) is 12.7. The Hall–Kier alpha value is -3.08. The number of para-hydroxylation sites is 1. The number of carbonyl (C=O) groups is 2. The molecule has 2 aromatic carbocycles. The summed E-state index contributed by atoms with van der Waals surface area (Å²) in [5, 5.41) is 1.37. The molecule has 0 aliphatic carbocycles. The normalized spacial score (nSPS) is 14.7. The Bertz CT molecular complexity index is 769. The van der Waals surface area contributed by atoms with E-state index in [-0.39, 0.29) is 12.5 Å². The Balaban J connectivity index is 2.00. The molecule has 0 aromatic heterocycles. The number of rotatable bonds is 4. The number of carbonyl (C=O) groups excluding carboxylic acids is 2. The number of amides is 1. The maximum Gasteiger partial charge on any atom is 0.332 e. The Morgan fingerprint density at radius 1 is 1.09 bits per heavy atom. The Kier molecular flexibility index (Phi) is 4.10. The van der Waals surface area contributed by atoms with Gasteiger partial charge in [-0.15, -0.1) is 0 Å². The lowest BCUT2D eigenvalue weighted by molar-refractivity contribution is -0.137. The van der Waals surface area contributed by atoms with Gasteiger partial charge in [0.05, 0.1) is 23.6 Å². The summed E-state index contributed by atoms with van der Waals surface area (Å²) in [6, 6.07) is 16.5. The van der Waals surface area contributed by atoms with Crippen molar-refractivity contribution >= 4 is 23.3 Å². The molecule has 1 aliphatic rings. The van der Waals surface area contributed by atoms with Crippen molar-refractivity contribution in [3.05, 3.63) is 71.8 Å². The molecule has 0 saturated carbocycles. The molecule has 23 heavy (non-hydrogen) atoms. The number of benzene rings is 2. The largest absolute Gasteiger partial charge is 0.463 e. The van der Waals surface area contributed by atoms with Crippen molar-refractivity contribution < 1.29 is 14.3 Å². The SMILES string of the molecule is CCOC(=O)/C=C1\c2ccccc2C(=O)N1Nc1ccccc1. The third-order valence-corrected chi connectivity index (χ3v) is 3.43. The number of fused-ring (bicyclic) bond motifs is 1. The van der Waals surface area contributed by atoms with Crippen molar-refractivity contribution in [2.24, 2.45) is 0 Å². The molecule has 1 aliphatic heterocycles. The Morgan fingerprint density at radius 3 is 2.43 bits per heavy atom. The molecule has 0 spiro atoms. The van der Waals surface area contributed by atoms with Crippen LogP contribution in [-0.4, -0.2) is 23.5 Å². The van der Waals surface area contributed by atoms with Gasteiger partial charge in [-0.2, -0.15) is 0 Å². The summed E-state index contributed by atoms with van der Waals surface area (Å²) in [7, 11) is 0. The third kappa shape index (κ3) is 2.94. The van der Waals surface area contributed by atoms with Crippen LogP contribution in [0.5, 0.6) is 0 Å². The molecule has 116 valence electrons. The van der Waals surface area contributed by atoms with Crippen LogP contribution in [0.4, 0.5) is 5.69 Å². The van der Waals surface area contributed by atoms with Crippen LogP contribution in [0.2, 0.25) is 0 Å². The average molecular weight is 308 g/mol. The molecule has 0 bridgehead atoms. The van der Waals surface area contributed by atoms with Crippen LogP contribution in [0.15, 0.2) is 60.7 Å². The van der Waals surface area contributed by atoms with Gasteiger partial charge in [-0.05, 0) is 25.1 Å². The fourth-order valence-electron chi connectivity index (χ4n) is 2.43. The summed E-state index contributed by atoms with van der Waals surface area (Å²) in [4.78, 5) is 24.5. The van der Waals surface area contributed by atoms with Crippen molar-refractivity contribution in [1.82, 2.24) is 5.01 Å². The Labute approximate surface area is 134 Å². The first-order chi connectivity index (χ1) is 11.2. The van der Waals surface area contributed by atoms with Gasteiger partial charge in [0.25, 0.3) is 5.91 Å². The minimum absolute atomic E-state index is 0.208. The smallest absolute Gasteiger partial charge is 0.332 e. The van der Waals surface area contributed by atoms with Crippen LogP contribution in [0.3, 0.4) is 0 Å². The number of nitrogens with zero attached hydrogens (tertiary/aromatic N) is 1. The number of hydrazine groups is 1. The van der Waals surface area contributed by atoms with Crippen molar-refractivity contribution in [2.75, 3.05) is 12.0 Å². The van der Waals surface area contributed by atoms with Gasteiger partial charge in [0, 0.05) is 11.6 Å².